The van der Waals surface area contributed by atoms with Gasteiger partial charge in [0.15, 0.2) is 17.2 Å². The van der Waals surface area contributed by atoms with Gasteiger partial charge in [0.25, 0.3) is 0 Å². The molecule has 0 aromatic carbocycles. The van der Waals surface area contributed by atoms with Crippen molar-refractivity contribution in [2.45, 2.75) is 25.4 Å². The number of hydrogen-bond donors (Lipinski definition) is 0. The molecule has 0 bridgehead atoms. The summed E-state index contributed by atoms with van der Waals surface area (Å²) in [5.41, 5.74) is -0.118. The number of alkyl halides is 3. The number of ether oxygens (including phenoxy) is 1. The molecule has 1 spiro atoms. The van der Waals surface area contributed by atoms with Crippen molar-refractivity contribution in [1.29, 1.82) is 0 Å². The minimum Gasteiger partial charge on any atom is -0.381 e. The van der Waals surface area contributed by atoms with Crippen molar-refractivity contribution in [2.24, 2.45) is 5.41 Å². The summed E-state index contributed by atoms with van der Waals surface area (Å²) >= 11 is 0. The monoisotopic (exact) mass is 404 g/mol. The first kappa shape index (κ1) is 18.3. The second-order valence-electron chi connectivity index (χ2n) is 7.71. The number of fused-ring (bicyclic) bond motifs is 1. The molecule has 2 saturated heterocycles. The first-order valence-electron chi connectivity index (χ1n) is 9.50. The van der Waals surface area contributed by atoms with Gasteiger partial charge < -0.3 is 9.64 Å². The third kappa shape index (κ3) is 3.31. The van der Waals surface area contributed by atoms with Crippen LogP contribution in [0.3, 0.4) is 0 Å². The van der Waals surface area contributed by atoms with Gasteiger partial charge in [-0.2, -0.15) is 13.2 Å². The van der Waals surface area contributed by atoms with Gasteiger partial charge in [0.2, 0.25) is 0 Å². The Balaban J connectivity index is 1.50. The SMILES string of the molecule is FC(F)(F)c1cn2c(-c3nccc(N4CCCC5(CCOC5)C4)n3)cnc2cn1. The molecule has 7 nitrogen and oxygen atoms in total. The maximum Gasteiger partial charge on any atom is 0.434 e. The molecule has 0 N–H and O–H groups in total. The van der Waals surface area contributed by atoms with Crippen LogP contribution < -0.4 is 4.90 Å². The van der Waals surface area contributed by atoms with Gasteiger partial charge in [-0.3, -0.25) is 4.40 Å². The molecule has 3 aromatic rings. The van der Waals surface area contributed by atoms with E-state index in [4.69, 9.17) is 4.74 Å². The van der Waals surface area contributed by atoms with E-state index in [9.17, 15) is 13.2 Å². The topological polar surface area (TPSA) is 68.4 Å². The maximum absolute atomic E-state index is 13.1. The van der Waals surface area contributed by atoms with Crippen LogP contribution in [0.25, 0.3) is 17.2 Å². The van der Waals surface area contributed by atoms with Crippen LogP contribution in [-0.4, -0.2) is 50.6 Å². The van der Waals surface area contributed by atoms with E-state index in [-0.39, 0.29) is 5.41 Å². The Bertz CT molecular complexity index is 1040. The number of anilines is 1. The van der Waals surface area contributed by atoms with E-state index in [1.165, 1.54) is 10.6 Å². The third-order valence-electron chi connectivity index (χ3n) is 5.73. The lowest BCUT2D eigenvalue weighted by Gasteiger charge is -2.40. The standard InChI is InChI=1S/C19H19F3N6O/c20-19(21,22)14-10-28-13(8-25-16(28)9-24-14)17-23-5-2-15(26-17)27-6-1-3-18(11-27)4-7-29-12-18/h2,5,8-10H,1,3-4,6-7,11-12H2. The predicted molar refractivity (Wildman–Crippen MR) is 98.3 cm³/mol. The molecule has 152 valence electrons. The summed E-state index contributed by atoms with van der Waals surface area (Å²) in [4.78, 5) is 18.7. The third-order valence-corrected chi connectivity index (χ3v) is 5.73. The summed E-state index contributed by atoms with van der Waals surface area (Å²) in [6.45, 7) is 3.30. The lowest BCUT2D eigenvalue weighted by atomic mass is 9.79. The van der Waals surface area contributed by atoms with Crippen LogP contribution >= 0.6 is 0 Å². The van der Waals surface area contributed by atoms with E-state index in [1.807, 2.05) is 6.07 Å². The highest BCUT2D eigenvalue weighted by atomic mass is 19.4. The van der Waals surface area contributed by atoms with Gasteiger partial charge >= 0.3 is 6.18 Å². The normalized spacial score (nSPS) is 22.7. The second kappa shape index (κ2) is 6.65. The molecule has 0 amide bonds. The minimum absolute atomic E-state index is 0.167. The van der Waals surface area contributed by atoms with Crippen LogP contribution in [0.15, 0.2) is 30.9 Å². The number of piperidine rings is 1. The first-order valence-corrected chi connectivity index (χ1v) is 9.50. The largest absolute Gasteiger partial charge is 0.434 e. The fourth-order valence-corrected chi connectivity index (χ4v) is 4.22. The molecule has 3 aromatic heterocycles. The lowest BCUT2D eigenvalue weighted by molar-refractivity contribution is -0.141. The molecule has 0 aliphatic carbocycles. The van der Waals surface area contributed by atoms with Gasteiger partial charge in [0.05, 0.1) is 19.0 Å². The highest BCUT2D eigenvalue weighted by Gasteiger charge is 2.39. The highest BCUT2D eigenvalue weighted by molar-refractivity contribution is 5.58. The van der Waals surface area contributed by atoms with Crippen LogP contribution in [-0.2, 0) is 10.9 Å². The first-order chi connectivity index (χ1) is 13.9. The van der Waals surface area contributed by atoms with Gasteiger partial charge in [-0.1, -0.05) is 0 Å². The second-order valence-corrected chi connectivity index (χ2v) is 7.71. The number of halogens is 3. The van der Waals surface area contributed by atoms with Gasteiger partial charge in [0.1, 0.15) is 11.5 Å². The fourth-order valence-electron chi connectivity index (χ4n) is 4.22. The zero-order valence-electron chi connectivity index (χ0n) is 15.6. The number of rotatable bonds is 2. The van der Waals surface area contributed by atoms with Crippen molar-refractivity contribution in [1.82, 2.24) is 24.3 Å². The Morgan fingerprint density at radius 1 is 1.10 bits per heavy atom. The van der Waals surface area contributed by atoms with Crippen molar-refractivity contribution < 1.29 is 17.9 Å². The lowest BCUT2D eigenvalue weighted by Crippen LogP contribution is -2.44. The van der Waals surface area contributed by atoms with Crippen molar-refractivity contribution >= 4 is 11.5 Å². The molecule has 10 heteroatoms. The number of imidazole rings is 1. The minimum atomic E-state index is -4.54. The highest BCUT2D eigenvalue weighted by Crippen LogP contribution is 2.39. The average Bonchev–Trinajstić information content (AvgIpc) is 3.34. The zero-order chi connectivity index (χ0) is 20.1. The predicted octanol–water partition coefficient (Wildman–Crippen LogP) is 3.21. The van der Waals surface area contributed by atoms with Gasteiger partial charge in [-0.25, -0.2) is 19.9 Å². The fraction of sp³-hybridized carbons (Fsp3) is 0.474. The van der Waals surface area contributed by atoms with Gasteiger partial charge in [-0.05, 0) is 25.3 Å². The summed E-state index contributed by atoms with van der Waals surface area (Å²) in [6, 6.07) is 1.84. The Labute approximate surface area is 164 Å². The van der Waals surface area contributed by atoms with E-state index < -0.39 is 11.9 Å². The molecule has 1 atom stereocenters. The molecular formula is C19H19F3N6O. The summed E-state index contributed by atoms with van der Waals surface area (Å²) in [5, 5.41) is 0. The maximum atomic E-state index is 13.1. The molecule has 5 heterocycles. The number of hydrogen-bond acceptors (Lipinski definition) is 6. The van der Waals surface area contributed by atoms with Crippen LogP contribution in [0.5, 0.6) is 0 Å². The summed E-state index contributed by atoms with van der Waals surface area (Å²) in [5.74, 6) is 1.10. The van der Waals surface area contributed by atoms with Crippen molar-refractivity contribution in [3.63, 3.8) is 0 Å². The van der Waals surface area contributed by atoms with Gasteiger partial charge in [-0.15, -0.1) is 0 Å². The molecule has 0 radical (unpaired) electrons. The van der Waals surface area contributed by atoms with E-state index in [0.717, 1.165) is 63.8 Å². The van der Waals surface area contributed by atoms with Crippen molar-refractivity contribution in [3.8, 4) is 11.5 Å². The quantitative estimate of drug-likeness (QED) is 0.653. The molecule has 0 saturated carbocycles. The summed E-state index contributed by atoms with van der Waals surface area (Å²) < 4.78 is 46.1. The average molecular weight is 404 g/mol. The van der Waals surface area contributed by atoms with Crippen LogP contribution in [0, 0.1) is 5.41 Å². The van der Waals surface area contributed by atoms with E-state index in [2.05, 4.69) is 24.8 Å². The van der Waals surface area contributed by atoms with Crippen molar-refractivity contribution in [3.05, 3.63) is 36.5 Å². The van der Waals surface area contributed by atoms with Crippen LogP contribution in [0.2, 0.25) is 0 Å². The van der Waals surface area contributed by atoms with Gasteiger partial charge in [0, 0.05) is 37.5 Å². The number of nitrogens with zero attached hydrogens (tertiary/aromatic N) is 6. The Morgan fingerprint density at radius 2 is 2.00 bits per heavy atom. The number of aromatic nitrogens is 5. The van der Waals surface area contributed by atoms with E-state index in [1.54, 1.807) is 6.20 Å². The summed E-state index contributed by atoms with van der Waals surface area (Å²) in [7, 11) is 0. The van der Waals surface area contributed by atoms with E-state index >= 15 is 0 Å². The molecule has 1 unspecified atom stereocenters. The molecule has 29 heavy (non-hydrogen) atoms. The van der Waals surface area contributed by atoms with Crippen LogP contribution in [0.1, 0.15) is 25.0 Å². The summed E-state index contributed by atoms with van der Waals surface area (Å²) in [6.07, 6.45) is 3.84. The molecule has 5 rings (SSSR count). The molecule has 2 fully saturated rings. The van der Waals surface area contributed by atoms with Crippen molar-refractivity contribution in [2.75, 3.05) is 31.2 Å². The Kier molecular flexibility index (Phi) is 4.19. The molecular weight excluding hydrogens is 385 g/mol. The smallest absolute Gasteiger partial charge is 0.381 e. The molecule has 2 aliphatic heterocycles. The van der Waals surface area contributed by atoms with E-state index in [0.29, 0.717) is 17.2 Å². The molecule has 2 aliphatic rings. The Hall–Kier alpha value is -2.75. The Morgan fingerprint density at radius 3 is 2.79 bits per heavy atom. The van der Waals surface area contributed by atoms with Crippen LogP contribution in [0.4, 0.5) is 19.0 Å². The zero-order valence-corrected chi connectivity index (χ0v) is 15.6.